The summed E-state index contributed by atoms with van der Waals surface area (Å²) in [6, 6.07) is 5.70. The first-order valence-electron chi connectivity index (χ1n) is 10.3. The van der Waals surface area contributed by atoms with Crippen molar-refractivity contribution in [2.24, 2.45) is 0 Å². The van der Waals surface area contributed by atoms with Gasteiger partial charge in [-0.25, -0.2) is 9.59 Å². The molecule has 0 aromatic heterocycles. The van der Waals surface area contributed by atoms with Crippen LogP contribution in [0.4, 0.5) is 10.5 Å². The summed E-state index contributed by atoms with van der Waals surface area (Å²) >= 11 is 0. The third-order valence-electron chi connectivity index (χ3n) is 4.60. The number of esters is 1. The average molecular weight is 431 g/mol. The van der Waals surface area contributed by atoms with E-state index in [1.54, 1.807) is 4.90 Å². The molecule has 1 unspecified atom stereocenters. The second-order valence-corrected chi connectivity index (χ2v) is 14.4. The number of piperazine rings is 1. The number of hydrogen-bond acceptors (Lipinski definition) is 5. The smallest absolute Gasteiger partial charge is 0.410 e. The molecule has 164 valence electrons. The van der Waals surface area contributed by atoms with Crippen LogP contribution < -0.4 is 4.90 Å². The minimum absolute atomic E-state index is 0.0125. The van der Waals surface area contributed by atoms with Crippen LogP contribution in [0, 0.1) is 11.5 Å². The highest BCUT2D eigenvalue weighted by molar-refractivity contribution is 6.83. The number of nitrogens with zero attached hydrogens (tertiary/aromatic N) is 2. The van der Waals surface area contributed by atoms with Gasteiger partial charge >= 0.3 is 12.1 Å². The molecule has 0 aliphatic carbocycles. The molecule has 0 radical (unpaired) electrons. The van der Waals surface area contributed by atoms with E-state index in [1.165, 1.54) is 7.11 Å². The zero-order valence-corrected chi connectivity index (χ0v) is 20.5. The van der Waals surface area contributed by atoms with Crippen LogP contribution >= 0.6 is 0 Å². The molecular formula is C23H34N2O4Si. The maximum atomic E-state index is 12.5. The quantitative estimate of drug-likeness (QED) is 0.401. The van der Waals surface area contributed by atoms with Crippen LogP contribution in [0.15, 0.2) is 18.2 Å². The number of amides is 1. The second-order valence-electron chi connectivity index (χ2n) is 9.69. The third kappa shape index (κ3) is 6.53. The highest BCUT2D eigenvalue weighted by Gasteiger charge is 2.31. The molecule has 1 aliphatic rings. The largest absolute Gasteiger partial charge is 0.465 e. The summed E-state index contributed by atoms with van der Waals surface area (Å²) in [6.07, 6.45) is -0.290. The van der Waals surface area contributed by atoms with Gasteiger partial charge in [-0.2, -0.15) is 0 Å². The zero-order valence-electron chi connectivity index (χ0n) is 19.5. The number of methoxy groups -OCH3 is 1. The highest BCUT2D eigenvalue weighted by Crippen LogP contribution is 2.24. The van der Waals surface area contributed by atoms with Crippen molar-refractivity contribution in [2.75, 3.05) is 31.6 Å². The SMILES string of the molecule is COC(=O)c1cc(N2CCN(C(=O)OC(C)(C)C)C(C)C2)ccc1C#C[Si](C)(C)C. The molecule has 7 heteroatoms. The van der Waals surface area contributed by atoms with Gasteiger partial charge in [0, 0.05) is 36.9 Å². The standard InChI is InChI=1S/C23H34N2O4Si/c1-17-16-24(12-13-25(17)22(27)29-23(2,3)4)19-10-9-18(11-14-30(6,7)8)20(15-19)21(26)28-5/h9-10,15,17H,12-13,16H2,1-8H3. The van der Waals surface area contributed by atoms with Crippen molar-refractivity contribution in [3.05, 3.63) is 29.3 Å². The van der Waals surface area contributed by atoms with Gasteiger partial charge < -0.3 is 19.3 Å². The predicted octanol–water partition coefficient (Wildman–Crippen LogP) is 4.15. The average Bonchev–Trinajstić information content (AvgIpc) is 2.63. The van der Waals surface area contributed by atoms with Crippen LogP contribution in [0.25, 0.3) is 0 Å². The predicted molar refractivity (Wildman–Crippen MR) is 123 cm³/mol. The summed E-state index contributed by atoms with van der Waals surface area (Å²) in [4.78, 5) is 28.8. The fraction of sp³-hybridized carbons (Fsp3) is 0.565. The molecule has 1 heterocycles. The molecule has 0 bridgehead atoms. The van der Waals surface area contributed by atoms with Crippen LogP contribution in [0.2, 0.25) is 19.6 Å². The molecule has 1 fully saturated rings. The number of anilines is 1. The van der Waals surface area contributed by atoms with Gasteiger partial charge in [0.2, 0.25) is 0 Å². The Labute approximate surface area is 181 Å². The van der Waals surface area contributed by atoms with E-state index in [1.807, 2.05) is 45.9 Å². The molecule has 2 rings (SSSR count). The van der Waals surface area contributed by atoms with Crippen molar-refractivity contribution < 1.29 is 19.1 Å². The lowest BCUT2D eigenvalue weighted by Gasteiger charge is -2.41. The molecule has 1 amide bonds. The van der Waals surface area contributed by atoms with Gasteiger partial charge in [-0.05, 0) is 45.9 Å². The second kappa shape index (κ2) is 9.13. The van der Waals surface area contributed by atoms with E-state index < -0.39 is 19.6 Å². The van der Waals surface area contributed by atoms with E-state index >= 15 is 0 Å². The number of carbonyl (C=O) groups excluding carboxylic acids is 2. The Kier molecular flexibility index (Phi) is 7.25. The summed E-state index contributed by atoms with van der Waals surface area (Å²) < 4.78 is 10.5. The monoisotopic (exact) mass is 430 g/mol. The van der Waals surface area contributed by atoms with Crippen molar-refractivity contribution in [1.29, 1.82) is 0 Å². The summed E-state index contributed by atoms with van der Waals surface area (Å²) in [5, 5.41) is 0. The third-order valence-corrected chi connectivity index (χ3v) is 5.48. The van der Waals surface area contributed by atoms with Crippen molar-refractivity contribution in [3.8, 4) is 11.5 Å². The lowest BCUT2D eigenvalue weighted by molar-refractivity contribution is 0.0159. The molecule has 1 atom stereocenters. The number of rotatable bonds is 2. The van der Waals surface area contributed by atoms with Crippen molar-refractivity contribution in [2.45, 2.75) is 59.0 Å². The highest BCUT2D eigenvalue weighted by atomic mass is 28.3. The van der Waals surface area contributed by atoms with Crippen molar-refractivity contribution in [1.82, 2.24) is 4.90 Å². The Morgan fingerprint density at radius 2 is 1.83 bits per heavy atom. The molecule has 30 heavy (non-hydrogen) atoms. The Balaban J connectivity index is 2.23. The molecule has 0 spiro atoms. The number of benzene rings is 1. The van der Waals surface area contributed by atoms with Crippen LogP contribution in [-0.2, 0) is 9.47 Å². The molecule has 1 aliphatic heterocycles. The van der Waals surface area contributed by atoms with Gasteiger partial charge in [-0.15, -0.1) is 5.54 Å². The first-order valence-corrected chi connectivity index (χ1v) is 13.8. The summed E-state index contributed by atoms with van der Waals surface area (Å²) in [6.45, 7) is 16.0. The van der Waals surface area contributed by atoms with E-state index in [4.69, 9.17) is 9.47 Å². The Morgan fingerprint density at radius 1 is 1.17 bits per heavy atom. The summed E-state index contributed by atoms with van der Waals surface area (Å²) in [7, 11) is -0.190. The first kappa shape index (κ1) is 23.8. The molecular weight excluding hydrogens is 396 g/mol. The van der Waals surface area contributed by atoms with Crippen LogP contribution in [0.1, 0.15) is 43.6 Å². The summed E-state index contributed by atoms with van der Waals surface area (Å²) in [5.74, 6) is 2.78. The van der Waals surface area contributed by atoms with Crippen LogP contribution in [0.3, 0.4) is 0 Å². The van der Waals surface area contributed by atoms with Gasteiger partial charge in [-0.1, -0.05) is 25.6 Å². The van der Waals surface area contributed by atoms with Gasteiger partial charge in [0.05, 0.1) is 12.7 Å². The zero-order chi connectivity index (χ0) is 22.7. The Morgan fingerprint density at radius 3 is 2.37 bits per heavy atom. The lowest BCUT2D eigenvalue weighted by atomic mass is 10.1. The topological polar surface area (TPSA) is 59.1 Å². The fourth-order valence-electron chi connectivity index (χ4n) is 3.16. The van der Waals surface area contributed by atoms with E-state index in [2.05, 4.69) is 36.0 Å². The normalized spacial score (nSPS) is 17.1. The Hall–Kier alpha value is -2.46. The number of carbonyl (C=O) groups is 2. The molecule has 1 aromatic rings. The lowest BCUT2D eigenvalue weighted by Crippen LogP contribution is -2.55. The minimum Gasteiger partial charge on any atom is -0.465 e. The molecule has 1 saturated heterocycles. The maximum absolute atomic E-state index is 12.5. The first-order chi connectivity index (χ1) is 13.8. The molecule has 0 saturated carbocycles. The van der Waals surface area contributed by atoms with E-state index in [0.717, 1.165) is 5.69 Å². The number of hydrogen-bond donors (Lipinski definition) is 0. The van der Waals surface area contributed by atoms with Crippen LogP contribution in [0.5, 0.6) is 0 Å². The molecule has 1 aromatic carbocycles. The van der Waals surface area contributed by atoms with Gasteiger partial charge in [-0.3, -0.25) is 0 Å². The fourth-order valence-corrected chi connectivity index (χ4v) is 3.67. The maximum Gasteiger partial charge on any atom is 0.410 e. The van der Waals surface area contributed by atoms with E-state index in [-0.39, 0.29) is 12.1 Å². The summed E-state index contributed by atoms with van der Waals surface area (Å²) in [5.41, 5.74) is 4.88. The molecule has 6 nitrogen and oxygen atoms in total. The van der Waals surface area contributed by atoms with Gasteiger partial charge in [0.1, 0.15) is 13.7 Å². The van der Waals surface area contributed by atoms with E-state index in [0.29, 0.717) is 30.8 Å². The van der Waals surface area contributed by atoms with E-state index in [9.17, 15) is 9.59 Å². The molecule has 0 N–H and O–H groups in total. The van der Waals surface area contributed by atoms with Crippen molar-refractivity contribution in [3.63, 3.8) is 0 Å². The van der Waals surface area contributed by atoms with Gasteiger partial charge in [0.25, 0.3) is 0 Å². The van der Waals surface area contributed by atoms with Gasteiger partial charge in [0.15, 0.2) is 0 Å². The number of ether oxygens (including phenoxy) is 2. The minimum atomic E-state index is -1.57. The van der Waals surface area contributed by atoms with Crippen LogP contribution in [-0.4, -0.2) is 63.4 Å². The Bertz CT molecular complexity index is 859. The van der Waals surface area contributed by atoms with Crippen molar-refractivity contribution >= 4 is 25.8 Å².